The van der Waals surface area contributed by atoms with Crippen LogP contribution in [0.1, 0.15) is 27.0 Å². The van der Waals surface area contributed by atoms with Gasteiger partial charge in [0.1, 0.15) is 12.4 Å². The number of benzene rings is 2. The van der Waals surface area contributed by atoms with Gasteiger partial charge in [-0.2, -0.15) is 0 Å². The highest BCUT2D eigenvalue weighted by Crippen LogP contribution is 2.24. The van der Waals surface area contributed by atoms with Gasteiger partial charge < -0.3 is 10.5 Å². The number of nitrogens with zero attached hydrogens (tertiary/aromatic N) is 1. The maximum Gasteiger partial charge on any atom is 0.248 e. The first-order valence-electron chi connectivity index (χ1n) is 8.19. The highest BCUT2D eigenvalue weighted by Gasteiger charge is 2.08. The molecule has 3 aromatic rings. The monoisotopic (exact) mass is 366 g/mol. The first-order chi connectivity index (χ1) is 12.4. The number of hydrogen-bond donors (Lipinski definition) is 1. The number of aromatic nitrogens is 1. The lowest BCUT2D eigenvalue weighted by atomic mass is 10.0. The van der Waals surface area contributed by atoms with Gasteiger partial charge in [-0.1, -0.05) is 23.7 Å². The van der Waals surface area contributed by atoms with Gasteiger partial charge in [-0.3, -0.25) is 9.78 Å². The Morgan fingerprint density at radius 2 is 1.88 bits per heavy atom. The van der Waals surface area contributed by atoms with Crippen LogP contribution in [0.15, 0.2) is 54.7 Å². The van der Waals surface area contributed by atoms with Crippen molar-refractivity contribution in [2.24, 2.45) is 5.73 Å². The topological polar surface area (TPSA) is 65.2 Å². The fourth-order valence-corrected chi connectivity index (χ4v) is 2.82. The molecule has 1 heterocycles. The molecule has 0 spiro atoms. The molecular formula is C21H19ClN2O2. The highest BCUT2D eigenvalue weighted by atomic mass is 35.5. The Hall–Kier alpha value is -2.85. The van der Waals surface area contributed by atoms with Crippen molar-refractivity contribution in [3.63, 3.8) is 0 Å². The van der Waals surface area contributed by atoms with E-state index in [0.717, 1.165) is 33.7 Å². The van der Waals surface area contributed by atoms with Crippen LogP contribution in [0.25, 0.3) is 11.3 Å². The first kappa shape index (κ1) is 18.0. The number of ether oxygens (including phenoxy) is 1. The molecule has 1 amide bonds. The van der Waals surface area contributed by atoms with Gasteiger partial charge in [0.2, 0.25) is 5.91 Å². The molecule has 1 aromatic heterocycles. The molecule has 0 aliphatic carbocycles. The molecule has 0 saturated heterocycles. The van der Waals surface area contributed by atoms with Crippen molar-refractivity contribution in [2.75, 3.05) is 0 Å². The predicted octanol–water partition coefficient (Wildman–Crippen LogP) is 4.70. The number of aryl methyl sites for hydroxylation is 2. The van der Waals surface area contributed by atoms with Crippen molar-refractivity contribution >= 4 is 17.5 Å². The maximum absolute atomic E-state index is 11.4. The summed E-state index contributed by atoms with van der Waals surface area (Å²) in [6.07, 6.45) is 1.74. The quantitative estimate of drug-likeness (QED) is 0.711. The third-order valence-corrected chi connectivity index (χ3v) is 4.57. The van der Waals surface area contributed by atoms with E-state index < -0.39 is 5.91 Å². The summed E-state index contributed by atoms with van der Waals surface area (Å²) < 4.78 is 5.82. The number of nitrogens with two attached hydrogens (primary N) is 1. The lowest BCUT2D eigenvalue weighted by Crippen LogP contribution is -2.12. The lowest BCUT2D eigenvalue weighted by molar-refractivity contribution is 0.0999. The molecule has 0 saturated carbocycles. The summed E-state index contributed by atoms with van der Waals surface area (Å²) in [6.45, 7) is 4.22. The summed E-state index contributed by atoms with van der Waals surface area (Å²) in [7, 11) is 0. The second-order valence-corrected chi connectivity index (χ2v) is 6.55. The Labute approximate surface area is 157 Å². The molecule has 3 rings (SSSR count). The average Bonchev–Trinajstić information content (AvgIpc) is 2.62. The Morgan fingerprint density at radius 1 is 1.08 bits per heavy atom. The Morgan fingerprint density at radius 3 is 2.58 bits per heavy atom. The molecule has 0 unspecified atom stereocenters. The molecule has 4 nitrogen and oxygen atoms in total. The summed E-state index contributed by atoms with van der Waals surface area (Å²) in [5.41, 5.74) is 10.4. The fourth-order valence-electron chi connectivity index (χ4n) is 2.65. The number of amides is 1. The van der Waals surface area contributed by atoms with E-state index in [0.29, 0.717) is 17.2 Å². The van der Waals surface area contributed by atoms with Crippen LogP contribution in [-0.2, 0) is 6.61 Å². The molecule has 5 heteroatoms. The maximum atomic E-state index is 11.4. The van der Waals surface area contributed by atoms with E-state index in [1.807, 2.05) is 56.3 Å². The van der Waals surface area contributed by atoms with Crippen LogP contribution in [0.3, 0.4) is 0 Å². The van der Waals surface area contributed by atoms with Crippen LogP contribution in [0.2, 0.25) is 5.02 Å². The number of carbonyl (C=O) groups is 1. The molecule has 0 atom stereocenters. The molecule has 0 aliphatic rings. The van der Waals surface area contributed by atoms with E-state index in [-0.39, 0.29) is 0 Å². The summed E-state index contributed by atoms with van der Waals surface area (Å²) in [6, 6.07) is 15.0. The molecule has 132 valence electrons. The molecule has 0 bridgehead atoms. The molecule has 0 radical (unpaired) electrons. The zero-order valence-corrected chi connectivity index (χ0v) is 15.4. The molecular weight excluding hydrogens is 348 g/mol. The number of pyridine rings is 1. The van der Waals surface area contributed by atoms with Crippen LogP contribution in [0.4, 0.5) is 0 Å². The van der Waals surface area contributed by atoms with Crippen LogP contribution in [0, 0.1) is 13.8 Å². The summed E-state index contributed by atoms with van der Waals surface area (Å²) in [5, 5.41) is 0.683. The second kappa shape index (κ2) is 7.58. The smallest absolute Gasteiger partial charge is 0.248 e. The summed E-state index contributed by atoms with van der Waals surface area (Å²) >= 11 is 6.13. The van der Waals surface area contributed by atoms with Crippen molar-refractivity contribution in [2.45, 2.75) is 20.5 Å². The van der Waals surface area contributed by atoms with E-state index in [2.05, 4.69) is 4.98 Å². The van der Waals surface area contributed by atoms with Gasteiger partial charge in [-0.15, -0.1) is 0 Å². The van der Waals surface area contributed by atoms with Crippen molar-refractivity contribution in [3.05, 3.63) is 82.0 Å². The van der Waals surface area contributed by atoms with Gasteiger partial charge in [0.25, 0.3) is 0 Å². The number of primary amides is 1. The Kier molecular flexibility index (Phi) is 5.24. The van der Waals surface area contributed by atoms with Gasteiger partial charge in [0.05, 0.1) is 5.69 Å². The van der Waals surface area contributed by atoms with E-state index >= 15 is 0 Å². The van der Waals surface area contributed by atoms with Crippen LogP contribution < -0.4 is 10.5 Å². The van der Waals surface area contributed by atoms with Crippen LogP contribution in [-0.4, -0.2) is 10.9 Å². The van der Waals surface area contributed by atoms with Crippen molar-refractivity contribution in [1.82, 2.24) is 4.98 Å². The number of hydrogen-bond acceptors (Lipinski definition) is 3. The SMILES string of the molecule is Cc1ccc(OCc2ccnc(-c3ccc(C(N)=O)c(C)c3)c2)cc1Cl. The van der Waals surface area contributed by atoms with Crippen molar-refractivity contribution in [1.29, 1.82) is 0 Å². The van der Waals surface area contributed by atoms with Gasteiger partial charge >= 0.3 is 0 Å². The summed E-state index contributed by atoms with van der Waals surface area (Å²) in [4.78, 5) is 15.8. The van der Waals surface area contributed by atoms with Crippen LogP contribution in [0.5, 0.6) is 5.75 Å². The normalized spacial score (nSPS) is 10.6. The number of rotatable bonds is 5. The number of carbonyl (C=O) groups excluding carboxylic acids is 1. The minimum absolute atomic E-state index is 0.410. The molecule has 26 heavy (non-hydrogen) atoms. The average molecular weight is 367 g/mol. The van der Waals surface area contributed by atoms with Gasteiger partial charge in [-0.25, -0.2) is 0 Å². The minimum atomic E-state index is -0.430. The van der Waals surface area contributed by atoms with E-state index in [4.69, 9.17) is 22.1 Å². The minimum Gasteiger partial charge on any atom is -0.489 e. The molecule has 2 aromatic carbocycles. The van der Waals surface area contributed by atoms with Gasteiger partial charge in [0.15, 0.2) is 0 Å². The lowest BCUT2D eigenvalue weighted by Gasteiger charge is -2.10. The van der Waals surface area contributed by atoms with Crippen molar-refractivity contribution in [3.8, 4) is 17.0 Å². The zero-order chi connectivity index (χ0) is 18.7. The van der Waals surface area contributed by atoms with Crippen LogP contribution >= 0.6 is 11.6 Å². The predicted molar refractivity (Wildman–Crippen MR) is 103 cm³/mol. The summed E-state index contributed by atoms with van der Waals surface area (Å²) in [5.74, 6) is 0.293. The standard InChI is InChI=1S/C21H19ClN2O2/c1-13-3-5-17(11-19(13)22)26-12-15-7-8-24-20(10-15)16-4-6-18(21(23)25)14(2)9-16/h3-11H,12H2,1-2H3,(H2,23,25). The number of halogens is 1. The third kappa shape index (κ3) is 4.03. The molecule has 2 N–H and O–H groups in total. The van der Waals surface area contributed by atoms with E-state index in [1.54, 1.807) is 12.3 Å². The molecule has 0 aliphatic heterocycles. The third-order valence-electron chi connectivity index (χ3n) is 4.16. The first-order valence-corrected chi connectivity index (χ1v) is 8.56. The Balaban J connectivity index is 1.78. The second-order valence-electron chi connectivity index (χ2n) is 6.14. The zero-order valence-electron chi connectivity index (χ0n) is 14.6. The highest BCUT2D eigenvalue weighted by molar-refractivity contribution is 6.31. The van der Waals surface area contributed by atoms with E-state index in [9.17, 15) is 4.79 Å². The van der Waals surface area contributed by atoms with Crippen molar-refractivity contribution < 1.29 is 9.53 Å². The largest absolute Gasteiger partial charge is 0.489 e. The Bertz CT molecular complexity index is 970. The molecule has 0 fully saturated rings. The fraction of sp³-hybridized carbons (Fsp3) is 0.143. The van der Waals surface area contributed by atoms with E-state index in [1.165, 1.54) is 0 Å². The van der Waals surface area contributed by atoms with Gasteiger partial charge in [-0.05, 0) is 66.9 Å². The van der Waals surface area contributed by atoms with Gasteiger partial charge in [0, 0.05) is 22.3 Å².